The molecule has 0 aliphatic carbocycles. The van der Waals surface area contributed by atoms with Gasteiger partial charge in [0.15, 0.2) is 6.10 Å². The normalized spacial score (nSPS) is 20.4. The molecule has 4 rings (SSSR count). The van der Waals surface area contributed by atoms with Gasteiger partial charge in [-0.25, -0.2) is 4.39 Å². The lowest BCUT2D eigenvalue weighted by atomic mass is 9.74. The number of halogens is 2. The fourth-order valence-electron chi connectivity index (χ4n) is 4.17. The molecule has 29 heavy (non-hydrogen) atoms. The number of amides is 1. The Labute approximate surface area is 175 Å². The molecule has 1 amide bonds. The third-order valence-corrected chi connectivity index (χ3v) is 6.26. The van der Waals surface area contributed by atoms with Crippen molar-refractivity contribution in [3.05, 3.63) is 58.9 Å². The molecule has 1 atom stereocenters. The number of fused-ring (bicyclic) bond motifs is 1. The Morgan fingerprint density at radius 1 is 1.24 bits per heavy atom. The quantitative estimate of drug-likeness (QED) is 0.799. The highest BCUT2D eigenvalue weighted by atomic mass is 35.5. The van der Waals surface area contributed by atoms with Gasteiger partial charge in [0, 0.05) is 18.1 Å². The van der Waals surface area contributed by atoms with Crippen molar-refractivity contribution < 1.29 is 13.9 Å². The number of likely N-dealkylation sites (tertiary alicyclic amines) is 1. The van der Waals surface area contributed by atoms with Crippen LogP contribution in [0.2, 0.25) is 5.02 Å². The van der Waals surface area contributed by atoms with Gasteiger partial charge in [0.25, 0.3) is 5.91 Å². The molecule has 2 aliphatic heterocycles. The minimum absolute atomic E-state index is 0.00879. The van der Waals surface area contributed by atoms with E-state index in [9.17, 15) is 9.18 Å². The first-order chi connectivity index (χ1) is 14.0. The van der Waals surface area contributed by atoms with Crippen LogP contribution in [0.4, 0.5) is 10.1 Å². The molecular weight excluding hydrogens is 393 g/mol. The number of piperidine rings is 1. The van der Waals surface area contributed by atoms with E-state index in [1.807, 2.05) is 17.0 Å². The van der Waals surface area contributed by atoms with Crippen LogP contribution in [0.3, 0.4) is 0 Å². The molecule has 0 bridgehead atoms. The zero-order valence-electron chi connectivity index (χ0n) is 16.2. The summed E-state index contributed by atoms with van der Waals surface area (Å²) < 4.78 is 19.1. The fourth-order valence-corrected chi connectivity index (χ4v) is 4.34. The molecule has 154 valence electrons. The Kier molecular flexibility index (Phi) is 5.65. The van der Waals surface area contributed by atoms with Crippen molar-refractivity contribution >= 4 is 23.2 Å². The van der Waals surface area contributed by atoms with Crippen LogP contribution in [0.1, 0.15) is 18.4 Å². The zero-order valence-corrected chi connectivity index (χ0v) is 16.9. The molecule has 0 saturated carbocycles. The lowest BCUT2D eigenvalue weighted by Gasteiger charge is -2.42. The maximum absolute atomic E-state index is 13.2. The van der Waals surface area contributed by atoms with Gasteiger partial charge in [0.05, 0.1) is 12.2 Å². The van der Waals surface area contributed by atoms with Crippen LogP contribution < -0.4 is 15.8 Å². The molecule has 5 nitrogen and oxygen atoms in total. The molecule has 0 radical (unpaired) electrons. The van der Waals surface area contributed by atoms with Crippen LogP contribution in [-0.4, -0.2) is 43.1 Å². The van der Waals surface area contributed by atoms with Crippen LogP contribution in [0.5, 0.6) is 5.75 Å². The number of hydrogen-bond donors (Lipinski definition) is 2. The summed E-state index contributed by atoms with van der Waals surface area (Å²) in [5.41, 5.74) is 7.94. The van der Waals surface area contributed by atoms with Gasteiger partial charge in [-0.05, 0) is 67.1 Å². The second-order valence-corrected chi connectivity index (χ2v) is 8.40. The summed E-state index contributed by atoms with van der Waals surface area (Å²) in [7, 11) is 0. The van der Waals surface area contributed by atoms with Gasteiger partial charge >= 0.3 is 0 Å². The van der Waals surface area contributed by atoms with E-state index in [1.54, 1.807) is 18.2 Å². The lowest BCUT2D eigenvalue weighted by Crippen LogP contribution is -2.52. The summed E-state index contributed by atoms with van der Waals surface area (Å²) in [6.07, 6.45) is 1.88. The Balaban J connectivity index is 1.37. The minimum Gasteiger partial charge on any atom is -0.477 e. The fraction of sp³-hybridized carbons (Fsp3) is 0.409. The number of ether oxygens (including phenoxy) is 1. The van der Waals surface area contributed by atoms with E-state index >= 15 is 0 Å². The molecule has 2 aromatic rings. The number of rotatable bonds is 4. The molecule has 1 unspecified atom stereocenters. The Morgan fingerprint density at radius 2 is 1.97 bits per heavy atom. The number of nitrogens with zero attached hydrogens (tertiary/aromatic N) is 1. The molecule has 3 N–H and O–H groups in total. The Bertz CT molecular complexity index is 882. The molecule has 0 aromatic heterocycles. The van der Waals surface area contributed by atoms with Crippen LogP contribution in [0, 0.1) is 11.2 Å². The first-order valence-corrected chi connectivity index (χ1v) is 10.3. The number of carbonyl (C=O) groups excluding carboxylic acids is 1. The summed E-state index contributed by atoms with van der Waals surface area (Å²) in [5.74, 6) is 0.398. The SMILES string of the molecule is NCC1(Cc2ccc(F)cc2)CCN(C(=O)C2CNc3cc(Cl)ccc3O2)CC1. The molecular formula is C22H25ClFN3O2. The third kappa shape index (κ3) is 4.33. The van der Waals surface area contributed by atoms with Crippen molar-refractivity contribution in [2.45, 2.75) is 25.4 Å². The number of hydrogen-bond acceptors (Lipinski definition) is 4. The molecule has 2 heterocycles. The minimum atomic E-state index is -0.550. The average molecular weight is 418 g/mol. The van der Waals surface area contributed by atoms with E-state index in [2.05, 4.69) is 5.32 Å². The van der Waals surface area contributed by atoms with Crippen molar-refractivity contribution in [3.8, 4) is 5.75 Å². The second-order valence-electron chi connectivity index (χ2n) is 7.96. The van der Waals surface area contributed by atoms with Crippen LogP contribution in [0.15, 0.2) is 42.5 Å². The lowest BCUT2D eigenvalue weighted by molar-refractivity contribution is -0.140. The molecule has 1 saturated heterocycles. The van der Waals surface area contributed by atoms with Crippen molar-refractivity contribution in [2.24, 2.45) is 11.1 Å². The summed E-state index contributed by atoms with van der Waals surface area (Å²) >= 11 is 6.00. The van der Waals surface area contributed by atoms with Gasteiger partial charge in [0.2, 0.25) is 0 Å². The summed E-state index contributed by atoms with van der Waals surface area (Å²) in [6.45, 7) is 2.25. The van der Waals surface area contributed by atoms with Crippen molar-refractivity contribution in [2.75, 3.05) is 31.5 Å². The van der Waals surface area contributed by atoms with E-state index in [-0.39, 0.29) is 17.1 Å². The van der Waals surface area contributed by atoms with E-state index in [1.165, 1.54) is 12.1 Å². The standard InChI is InChI=1S/C22H25ClFN3O2/c23-16-3-6-19-18(11-16)26-13-20(29-19)21(28)27-9-7-22(14-25,8-10-27)12-15-1-4-17(24)5-2-15/h1-6,11,20,26H,7-10,12-14,25H2. The summed E-state index contributed by atoms with van der Waals surface area (Å²) in [5, 5.41) is 3.86. The molecule has 2 aromatic carbocycles. The van der Waals surface area contributed by atoms with Gasteiger partial charge in [-0.3, -0.25) is 4.79 Å². The van der Waals surface area contributed by atoms with Gasteiger partial charge in [-0.2, -0.15) is 0 Å². The molecule has 7 heteroatoms. The topological polar surface area (TPSA) is 67.6 Å². The van der Waals surface area contributed by atoms with Crippen molar-refractivity contribution in [1.82, 2.24) is 4.90 Å². The highest BCUT2D eigenvalue weighted by molar-refractivity contribution is 6.30. The summed E-state index contributed by atoms with van der Waals surface area (Å²) in [4.78, 5) is 14.9. The third-order valence-electron chi connectivity index (χ3n) is 6.03. The smallest absolute Gasteiger partial charge is 0.265 e. The summed E-state index contributed by atoms with van der Waals surface area (Å²) in [6, 6.07) is 11.9. The predicted molar refractivity (Wildman–Crippen MR) is 112 cm³/mol. The van der Waals surface area contributed by atoms with Crippen molar-refractivity contribution in [1.29, 1.82) is 0 Å². The first kappa shape index (κ1) is 20.0. The monoisotopic (exact) mass is 417 g/mol. The molecule has 1 fully saturated rings. The number of anilines is 1. The molecule has 0 spiro atoms. The van der Waals surface area contributed by atoms with E-state index in [0.29, 0.717) is 37.0 Å². The highest BCUT2D eigenvalue weighted by Crippen LogP contribution is 2.36. The number of benzene rings is 2. The van der Waals surface area contributed by atoms with E-state index < -0.39 is 6.10 Å². The van der Waals surface area contributed by atoms with Gasteiger partial charge in [0.1, 0.15) is 11.6 Å². The predicted octanol–water partition coefficient (Wildman–Crippen LogP) is 3.46. The maximum atomic E-state index is 13.2. The first-order valence-electron chi connectivity index (χ1n) is 9.91. The maximum Gasteiger partial charge on any atom is 0.265 e. The largest absolute Gasteiger partial charge is 0.477 e. The van der Waals surface area contributed by atoms with Crippen molar-refractivity contribution in [3.63, 3.8) is 0 Å². The average Bonchev–Trinajstić information content (AvgIpc) is 2.75. The van der Waals surface area contributed by atoms with Crippen LogP contribution in [0.25, 0.3) is 0 Å². The Morgan fingerprint density at radius 3 is 2.66 bits per heavy atom. The van der Waals surface area contributed by atoms with E-state index in [4.69, 9.17) is 22.1 Å². The number of nitrogens with two attached hydrogens (primary N) is 1. The highest BCUT2D eigenvalue weighted by Gasteiger charge is 2.38. The molecule has 2 aliphatic rings. The Hall–Kier alpha value is -2.31. The van der Waals surface area contributed by atoms with Gasteiger partial charge in [-0.15, -0.1) is 0 Å². The number of carbonyl (C=O) groups is 1. The van der Waals surface area contributed by atoms with Crippen LogP contribution >= 0.6 is 11.6 Å². The number of nitrogens with one attached hydrogen (secondary N) is 1. The second kappa shape index (κ2) is 8.20. The van der Waals surface area contributed by atoms with E-state index in [0.717, 1.165) is 30.5 Å². The van der Waals surface area contributed by atoms with Crippen LogP contribution in [-0.2, 0) is 11.2 Å². The van der Waals surface area contributed by atoms with Gasteiger partial charge in [-0.1, -0.05) is 23.7 Å². The zero-order chi connectivity index (χ0) is 20.4. The van der Waals surface area contributed by atoms with Gasteiger partial charge < -0.3 is 20.7 Å².